The number of aromatic carboxylic acids is 1. The van der Waals surface area contributed by atoms with Crippen molar-refractivity contribution < 1.29 is 24.2 Å². The number of hydrogen-bond donors (Lipinski definition) is 1. The molecule has 2 aromatic carbocycles. The Morgan fingerprint density at radius 1 is 1.19 bits per heavy atom. The standard InChI is InChI=1S/C20H20N2O5/c1-13-19(24)22(16-10-15(20(25)26)8-9-17(16)27-13)12-18(23)21(2)11-14-6-4-3-5-7-14/h3-10,13H,11-12H2,1-2H3,(H,25,26). The molecule has 2 amide bonds. The summed E-state index contributed by atoms with van der Waals surface area (Å²) in [6.45, 7) is 1.82. The lowest BCUT2D eigenvalue weighted by atomic mass is 10.1. The molecular formula is C20H20N2O5. The highest BCUT2D eigenvalue weighted by atomic mass is 16.5. The van der Waals surface area contributed by atoms with Gasteiger partial charge in [-0.1, -0.05) is 30.3 Å². The van der Waals surface area contributed by atoms with Crippen molar-refractivity contribution in [2.45, 2.75) is 19.6 Å². The molecule has 1 N–H and O–H groups in total. The molecule has 0 aromatic heterocycles. The molecule has 3 rings (SSSR count). The van der Waals surface area contributed by atoms with Gasteiger partial charge in [0.15, 0.2) is 6.10 Å². The summed E-state index contributed by atoms with van der Waals surface area (Å²) in [5, 5.41) is 9.21. The number of carboxylic acids is 1. The van der Waals surface area contributed by atoms with Crippen molar-refractivity contribution in [2.24, 2.45) is 0 Å². The molecule has 0 fully saturated rings. The molecule has 1 aliphatic rings. The predicted octanol–water partition coefficient (Wildman–Crippen LogP) is 2.16. The minimum absolute atomic E-state index is 0.0230. The molecule has 0 spiro atoms. The van der Waals surface area contributed by atoms with Crippen molar-refractivity contribution in [1.29, 1.82) is 0 Å². The lowest BCUT2D eigenvalue weighted by molar-refractivity contribution is -0.132. The number of anilines is 1. The summed E-state index contributed by atoms with van der Waals surface area (Å²) in [6, 6.07) is 13.8. The van der Waals surface area contributed by atoms with Gasteiger partial charge in [0, 0.05) is 13.6 Å². The van der Waals surface area contributed by atoms with Gasteiger partial charge in [-0.15, -0.1) is 0 Å². The maximum absolute atomic E-state index is 12.7. The number of hydrogen-bond acceptors (Lipinski definition) is 4. The summed E-state index contributed by atoms with van der Waals surface area (Å²) < 4.78 is 5.54. The van der Waals surface area contributed by atoms with Crippen LogP contribution in [-0.4, -0.2) is 47.5 Å². The smallest absolute Gasteiger partial charge is 0.335 e. The summed E-state index contributed by atoms with van der Waals surface area (Å²) in [5.74, 6) is -1.37. The van der Waals surface area contributed by atoms with E-state index in [1.54, 1.807) is 14.0 Å². The molecule has 0 saturated carbocycles. The number of nitrogens with zero attached hydrogens (tertiary/aromatic N) is 2. The van der Waals surface area contributed by atoms with E-state index in [1.807, 2.05) is 30.3 Å². The molecule has 7 heteroatoms. The number of likely N-dealkylation sites (N-methyl/N-ethyl adjacent to an activating group) is 1. The van der Waals surface area contributed by atoms with Gasteiger partial charge >= 0.3 is 5.97 Å². The molecule has 1 unspecified atom stereocenters. The van der Waals surface area contributed by atoms with Crippen LogP contribution in [-0.2, 0) is 16.1 Å². The fourth-order valence-electron chi connectivity index (χ4n) is 2.90. The van der Waals surface area contributed by atoms with Crippen LogP contribution in [0, 0.1) is 0 Å². The fraction of sp³-hybridized carbons (Fsp3) is 0.250. The Balaban J connectivity index is 1.82. The van der Waals surface area contributed by atoms with Gasteiger partial charge in [0.05, 0.1) is 11.3 Å². The number of fused-ring (bicyclic) bond motifs is 1. The van der Waals surface area contributed by atoms with Crippen molar-refractivity contribution in [3.05, 3.63) is 59.7 Å². The topological polar surface area (TPSA) is 87.2 Å². The average Bonchev–Trinajstić information content (AvgIpc) is 2.65. The second kappa shape index (κ2) is 7.49. The van der Waals surface area contributed by atoms with Gasteiger partial charge in [0.2, 0.25) is 5.91 Å². The second-order valence-corrected chi connectivity index (χ2v) is 6.41. The summed E-state index contributed by atoms with van der Waals surface area (Å²) in [7, 11) is 1.66. The van der Waals surface area contributed by atoms with Crippen molar-refractivity contribution in [1.82, 2.24) is 4.90 Å². The number of ether oxygens (including phenoxy) is 1. The van der Waals surface area contributed by atoms with Crippen LogP contribution in [0.3, 0.4) is 0 Å². The first-order valence-electron chi connectivity index (χ1n) is 8.50. The highest BCUT2D eigenvalue weighted by Gasteiger charge is 2.33. The van der Waals surface area contributed by atoms with E-state index in [-0.39, 0.29) is 23.9 Å². The average molecular weight is 368 g/mol. The number of benzene rings is 2. The van der Waals surface area contributed by atoms with E-state index in [9.17, 15) is 19.5 Å². The Hall–Kier alpha value is -3.35. The van der Waals surface area contributed by atoms with Crippen LogP contribution in [0.1, 0.15) is 22.8 Å². The van der Waals surface area contributed by atoms with Crippen LogP contribution in [0.4, 0.5) is 5.69 Å². The minimum Gasteiger partial charge on any atom is -0.479 e. The Morgan fingerprint density at radius 3 is 2.56 bits per heavy atom. The van der Waals surface area contributed by atoms with Gasteiger partial charge in [-0.25, -0.2) is 4.79 Å². The first-order valence-corrected chi connectivity index (χ1v) is 8.50. The number of carbonyl (C=O) groups excluding carboxylic acids is 2. The van der Waals surface area contributed by atoms with Crippen molar-refractivity contribution >= 4 is 23.5 Å². The van der Waals surface area contributed by atoms with E-state index in [2.05, 4.69) is 0 Å². The zero-order valence-electron chi connectivity index (χ0n) is 15.1. The van der Waals surface area contributed by atoms with Crippen LogP contribution in [0.25, 0.3) is 0 Å². The Morgan fingerprint density at radius 2 is 1.89 bits per heavy atom. The van der Waals surface area contributed by atoms with Crippen LogP contribution >= 0.6 is 0 Å². The Bertz CT molecular complexity index is 881. The van der Waals surface area contributed by atoms with Gasteiger partial charge < -0.3 is 14.7 Å². The largest absolute Gasteiger partial charge is 0.479 e. The SMILES string of the molecule is CC1Oc2ccc(C(=O)O)cc2N(CC(=O)N(C)Cc2ccccc2)C1=O. The lowest BCUT2D eigenvalue weighted by Crippen LogP contribution is -2.49. The molecule has 0 saturated heterocycles. The van der Waals surface area contributed by atoms with Crippen molar-refractivity contribution in [3.8, 4) is 5.75 Å². The van der Waals surface area contributed by atoms with E-state index in [1.165, 1.54) is 28.0 Å². The highest BCUT2D eigenvalue weighted by molar-refractivity contribution is 6.04. The number of amides is 2. The van der Waals surface area contributed by atoms with Gasteiger partial charge in [0.1, 0.15) is 12.3 Å². The van der Waals surface area contributed by atoms with E-state index < -0.39 is 12.1 Å². The van der Waals surface area contributed by atoms with E-state index in [4.69, 9.17) is 4.74 Å². The maximum atomic E-state index is 12.7. The zero-order chi connectivity index (χ0) is 19.6. The lowest BCUT2D eigenvalue weighted by Gasteiger charge is -2.33. The summed E-state index contributed by atoms with van der Waals surface area (Å²) >= 11 is 0. The Labute approximate surface area is 156 Å². The van der Waals surface area contributed by atoms with Crippen LogP contribution in [0.15, 0.2) is 48.5 Å². The van der Waals surface area contributed by atoms with Crippen LogP contribution in [0.5, 0.6) is 5.75 Å². The van der Waals surface area contributed by atoms with Gasteiger partial charge in [-0.2, -0.15) is 0 Å². The van der Waals surface area contributed by atoms with Gasteiger partial charge in [-0.05, 0) is 30.7 Å². The molecule has 1 atom stereocenters. The summed E-state index contributed by atoms with van der Waals surface area (Å²) in [5.41, 5.74) is 1.29. The molecule has 1 aliphatic heterocycles. The van der Waals surface area contributed by atoms with E-state index in [0.717, 1.165) is 5.56 Å². The molecule has 0 radical (unpaired) electrons. The van der Waals surface area contributed by atoms with Crippen LogP contribution < -0.4 is 9.64 Å². The third kappa shape index (κ3) is 3.92. The van der Waals surface area contributed by atoms with Crippen LogP contribution in [0.2, 0.25) is 0 Å². The number of carbonyl (C=O) groups is 3. The third-order valence-electron chi connectivity index (χ3n) is 4.40. The fourth-order valence-corrected chi connectivity index (χ4v) is 2.90. The third-order valence-corrected chi connectivity index (χ3v) is 4.40. The first kappa shape index (κ1) is 18.4. The quantitative estimate of drug-likeness (QED) is 0.874. The Kier molecular flexibility index (Phi) is 5.12. The minimum atomic E-state index is -1.11. The summed E-state index contributed by atoms with van der Waals surface area (Å²) in [4.78, 5) is 39.3. The first-order chi connectivity index (χ1) is 12.9. The van der Waals surface area contributed by atoms with Gasteiger partial charge in [-0.3, -0.25) is 14.5 Å². The monoisotopic (exact) mass is 368 g/mol. The molecule has 27 heavy (non-hydrogen) atoms. The molecule has 2 aromatic rings. The zero-order valence-corrected chi connectivity index (χ0v) is 15.1. The molecule has 0 aliphatic carbocycles. The van der Waals surface area contributed by atoms with Gasteiger partial charge in [0.25, 0.3) is 5.91 Å². The molecule has 7 nitrogen and oxygen atoms in total. The normalized spacial score (nSPS) is 15.7. The molecule has 1 heterocycles. The maximum Gasteiger partial charge on any atom is 0.335 e. The summed E-state index contributed by atoms with van der Waals surface area (Å²) in [6.07, 6.45) is -0.750. The predicted molar refractivity (Wildman–Crippen MR) is 98.8 cm³/mol. The molecule has 0 bridgehead atoms. The second-order valence-electron chi connectivity index (χ2n) is 6.41. The highest BCUT2D eigenvalue weighted by Crippen LogP contribution is 2.35. The number of carboxylic acid groups (broad SMARTS) is 1. The van der Waals surface area contributed by atoms with E-state index >= 15 is 0 Å². The van der Waals surface area contributed by atoms with Crippen molar-refractivity contribution in [2.75, 3.05) is 18.5 Å². The van der Waals surface area contributed by atoms with E-state index in [0.29, 0.717) is 18.0 Å². The molecule has 140 valence electrons. The van der Waals surface area contributed by atoms with Crippen molar-refractivity contribution in [3.63, 3.8) is 0 Å². The molecular weight excluding hydrogens is 348 g/mol. The number of rotatable bonds is 5.